The lowest BCUT2D eigenvalue weighted by molar-refractivity contribution is -0.126. The van der Waals surface area contributed by atoms with Crippen molar-refractivity contribution in [3.05, 3.63) is 18.2 Å². The van der Waals surface area contributed by atoms with Crippen molar-refractivity contribution in [3.63, 3.8) is 0 Å². The molecule has 1 aromatic rings. The number of fused-ring (bicyclic) bond motifs is 1. The van der Waals surface area contributed by atoms with Gasteiger partial charge in [-0.3, -0.25) is 4.79 Å². The summed E-state index contributed by atoms with van der Waals surface area (Å²) in [7, 11) is -3.64. The van der Waals surface area contributed by atoms with Gasteiger partial charge in [-0.15, -0.1) is 0 Å². The number of likely N-dealkylation sites (tertiary alicyclic amines) is 1. The van der Waals surface area contributed by atoms with E-state index < -0.39 is 10.0 Å². The minimum atomic E-state index is -3.64. The van der Waals surface area contributed by atoms with E-state index in [9.17, 15) is 13.2 Å². The molecule has 1 amide bonds. The van der Waals surface area contributed by atoms with Crippen molar-refractivity contribution < 1.29 is 22.7 Å². The Morgan fingerprint density at radius 1 is 1.09 bits per heavy atom. The highest BCUT2D eigenvalue weighted by Gasteiger charge is 2.33. The lowest BCUT2D eigenvalue weighted by Crippen LogP contribution is -2.48. The summed E-state index contributed by atoms with van der Waals surface area (Å²) in [6.45, 7) is 9.14. The van der Waals surface area contributed by atoms with Gasteiger partial charge in [0.05, 0.1) is 18.1 Å². The van der Waals surface area contributed by atoms with Crippen molar-refractivity contribution in [1.29, 1.82) is 0 Å². The number of hydrogen-bond donors (Lipinski definition) is 1. The number of rotatable bonds is 6. The summed E-state index contributed by atoms with van der Waals surface area (Å²) in [4.78, 5) is 15.4. The van der Waals surface area contributed by atoms with E-state index >= 15 is 0 Å². The van der Waals surface area contributed by atoms with Crippen LogP contribution in [0.3, 0.4) is 0 Å². The highest BCUT2D eigenvalue weighted by atomic mass is 32.2. The SMILES string of the molecule is CC1CCCN(CC(C)NC(=O)C2CCN(S(=O)(=O)c3ccc4c(c3)OCCCO4)CC2)C1. The summed E-state index contributed by atoms with van der Waals surface area (Å²) in [5.41, 5.74) is 0. The Kier molecular flexibility index (Phi) is 7.81. The van der Waals surface area contributed by atoms with Gasteiger partial charge in [0.1, 0.15) is 0 Å². The maximum atomic E-state index is 13.2. The number of nitrogens with zero attached hydrogens (tertiary/aromatic N) is 2. The summed E-state index contributed by atoms with van der Waals surface area (Å²) >= 11 is 0. The van der Waals surface area contributed by atoms with E-state index in [0.717, 1.165) is 26.1 Å². The Labute approximate surface area is 197 Å². The van der Waals surface area contributed by atoms with Crippen LogP contribution in [0.5, 0.6) is 11.5 Å². The van der Waals surface area contributed by atoms with Crippen molar-refractivity contribution in [2.75, 3.05) is 45.9 Å². The predicted octanol–water partition coefficient (Wildman–Crippen LogP) is 2.49. The summed E-state index contributed by atoms with van der Waals surface area (Å²) in [5, 5.41) is 3.16. The van der Waals surface area contributed by atoms with E-state index in [2.05, 4.69) is 24.1 Å². The molecule has 3 aliphatic rings. The minimum Gasteiger partial charge on any atom is -0.490 e. The molecule has 2 unspecified atom stereocenters. The molecule has 8 nitrogen and oxygen atoms in total. The molecule has 0 spiro atoms. The van der Waals surface area contributed by atoms with E-state index in [1.54, 1.807) is 18.2 Å². The molecule has 3 heterocycles. The Balaban J connectivity index is 1.29. The zero-order valence-electron chi connectivity index (χ0n) is 19.8. The van der Waals surface area contributed by atoms with Gasteiger partial charge < -0.3 is 19.7 Å². The van der Waals surface area contributed by atoms with Crippen molar-refractivity contribution >= 4 is 15.9 Å². The van der Waals surface area contributed by atoms with Crippen LogP contribution in [-0.4, -0.2) is 75.5 Å². The average molecular weight is 480 g/mol. The summed E-state index contributed by atoms with van der Waals surface area (Å²) in [6.07, 6.45) is 4.33. The van der Waals surface area contributed by atoms with Crippen molar-refractivity contribution in [3.8, 4) is 11.5 Å². The van der Waals surface area contributed by atoms with E-state index in [0.29, 0.717) is 56.6 Å². The third-order valence-electron chi connectivity index (χ3n) is 6.84. The second-order valence-corrected chi connectivity index (χ2v) is 11.7. The first-order chi connectivity index (χ1) is 15.8. The molecular formula is C24H37N3O5S. The molecule has 0 aromatic heterocycles. The largest absolute Gasteiger partial charge is 0.490 e. The number of hydrogen-bond acceptors (Lipinski definition) is 6. The van der Waals surface area contributed by atoms with Gasteiger partial charge in [0.15, 0.2) is 11.5 Å². The smallest absolute Gasteiger partial charge is 0.243 e. The van der Waals surface area contributed by atoms with Crippen LogP contribution in [0.2, 0.25) is 0 Å². The van der Waals surface area contributed by atoms with Crippen molar-refractivity contribution in [2.24, 2.45) is 11.8 Å². The molecule has 2 atom stereocenters. The molecule has 33 heavy (non-hydrogen) atoms. The first kappa shape index (κ1) is 24.3. The molecular weight excluding hydrogens is 442 g/mol. The highest BCUT2D eigenvalue weighted by molar-refractivity contribution is 7.89. The molecule has 0 bridgehead atoms. The highest BCUT2D eigenvalue weighted by Crippen LogP contribution is 2.33. The topological polar surface area (TPSA) is 88.2 Å². The Hall–Kier alpha value is -1.84. The Morgan fingerprint density at radius 3 is 2.55 bits per heavy atom. The van der Waals surface area contributed by atoms with Gasteiger partial charge in [-0.2, -0.15) is 4.31 Å². The molecule has 3 aliphatic heterocycles. The lowest BCUT2D eigenvalue weighted by atomic mass is 9.96. The van der Waals surface area contributed by atoms with Crippen LogP contribution >= 0.6 is 0 Å². The van der Waals surface area contributed by atoms with Gasteiger partial charge in [-0.1, -0.05) is 6.92 Å². The normalized spacial score (nSPS) is 24.1. The lowest BCUT2D eigenvalue weighted by Gasteiger charge is -2.34. The number of nitrogens with one attached hydrogen (secondary N) is 1. The molecule has 184 valence electrons. The number of piperidine rings is 2. The molecule has 1 N–H and O–H groups in total. The molecule has 9 heteroatoms. The molecule has 4 rings (SSSR count). The van der Waals surface area contributed by atoms with E-state index in [4.69, 9.17) is 9.47 Å². The summed E-state index contributed by atoms with van der Waals surface area (Å²) in [5.74, 6) is 1.66. The standard InChI is InChI=1S/C24H37N3O5S/c1-18-5-3-10-26(16-18)17-19(2)25-24(28)20-8-11-27(12-9-20)33(29,30)21-6-7-22-23(15-21)32-14-4-13-31-22/h6-7,15,18-20H,3-5,8-14,16-17H2,1-2H3,(H,25,28). The number of sulfonamides is 1. The molecule has 2 fully saturated rings. The van der Waals surface area contributed by atoms with Crippen LogP contribution in [0.15, 0.2) is 23.1 Å². The van der Waals surface area contributed by atoms with Crippen molar-refractivity contribution in [1.82, 2.24) is 14.5 Å². The summed E-state index contributed by atoms with van der Waals surface area (Å²) in [6, 6.07) is 4.88. The molecule has 1 aromatic carbocycles. The van der Waals surface area contributed by atoms with Crippen LogP contribution in [0, 0.1) is 11.8 Å². The molecule has 0 aliphatic carbocycles. The zero-order chi connectivity index (χ0) is 23.4. The third-order valence-corrected chi connectivity index (χ3v) is 8.74. The zero-order valence-corrected chi connectivity index (χ0v) is 20.6. The Bertz CT molecular complexity index is 930. The fourth-order valence-corrected chi connectivity index (χ4v) is 6.54. The molecule has 0 saturated carbocycles. The van der Waals surface area contributed by atoms with Gasteiger partial charge >= 0.3 is 0 Å². The number of amides is 1. The van der Waals surface area contributed by atoms with Gasteiger partial charge in [-0.05, 0) is 57.2 Å². The summed E-state index contributed by atoms with van der Waals surface area (Å²) < 4.78 is 39.1. The third kappa shape index (κ3) is 6.00. The monoisotopic (exact) mass is 479 g/mol. The fourth-order valence-electron chi connectivity index (χ4n) is 5.06. The molecule has 0 radical (unpaired) electrons. The number of carbonyl (C=O) groups is 1. The first-order valence-corrected chi connectivity index (χ1v) is 13.7. The van der Waals surface area contributed by atoms with Gasteiger partial charge in [0.25, 0.3) is 0 Å². The quantitative estimate of drug-likeness (QED) is 0.675. The number of benzene rings is 1. The number of ether oxygens (including phenoxy) is 2. The second kappa shape index (κ2) is 10.6. The van der Waals surface area contributed by atoms with Crippen LogP contribution in [0.25, 0.3) is 0 Å². The van der Waals surface area contributed by atoms with Crippen molar-refractivity contribution in [2.45, 2.75) is 56.9 Å². The van der Waals surface area contributed by atoms with E-state index in [-0.39, 0.29) is 22.8 Å². The second-order valence-electron chi connectivity index (χ2n) is 9.75. The van der Waals surface area contributed by atoms with Gasteiger partial charge in [-0.25, -0.2) is 8.42 Å². The van der Waals surface area contributed by atoms with Crippen LogP contribution in [0.4, 0.5) is 0 Å². The van der Waals surface area contributed by atoms with Gasteiger partial charge in [0.2, 0.25) is 15.9 Å². The first-order valence-electron chi connectivity index (χ1n) is 12.3. The van der Waals surface area contributed by atoms with E-state index in [1.807, 2.05) is 0 Å². The van der Waals surface area contributed by atoms with Gasteiger partial charge in [0, 0.05) is 50.6 Å². The fraction of sp³-hybridized carbons (Fsp3) is 0.708. The maximum Gasteiger partial charge on any atom is 0.243 e. The van der Waals surface area contributed by atoms with Crippen LogP contribution < -0.4 is 14.8 Å². The van der Waals surface area contributed by atoms with Crippen LogP contribution in [0.1, 0.15) is 46.0 Å². The Morgan fingerprint density at radius 2 is 1.82 bits per heavy atom. The predicted molar refractivity (Wildman–Crippen MR) is 126 cm³/mol. The van der Waals surface area contributed by atoms with Crippen LogP contribution in [-0.2, 0) is 14.8 Å². The number of carbonyl (C=O) groups excluding carboxylic acids is 1. The van der Waals surface area contributed by atoms with E-state index in [1.165, 1.54) is 17.1 Å². The average Bonchev–Trinajstić information content (AvgIpc) is 3.04. The maximum absolute atomic E-state index is 13.2. The molecule has 2 saturated heterocycles. The minimum absolute atomic E-state index is 0.0418.